The fourth-order valence-corrected chi connectivity index (χ4v) is 3.26. The number of aldehydes is 1. The monoisotopic (exact) mass is 352 g/mol. The van der Waals surface area contributed by atoms with Gasteiger partial charge in [0.25, 0.3) is 0 Å². The average Bonchev–Trinajstić information content (AvgIpc) is 2.55. The van der Waals surface area contributed by atoms with E-state index in [0.29, 0.717) is 23.2 Å². The number of para-hydroxylation sites is 1. The van der Waals surface area contributed by atoms with Crippen molar-refractivity contribution >= 4 is 41.2 Å². The molecule has 0 saturated carbocycles. The van der Waals surface area contributed by atoms with Gasteiger partial charge in [0.05, 0.1) is 17.4 Å². The number of aromatic nitrogens is 2. The Balaban J connectivity index is 2.13. The van der Waals surface area contributed by atoms with Crippen LogP contribution >= 0.6 is 23.4 Å². The molecule has 1 aliphatic heterocycles. The van der Waals surface area contributed by atoms with Crippen molar-refractivity contribution in [1.29, 1.82) is 0 Å². The van der Waals surface area contributed by atoms with E-state index >= 15 is 0 Å². The van der Waals surface area contributed by atoms with E-state index in [1.165, 1.54) is 23.9 Å². The summed E-state index contributed by atoms with van der Waals surface area (Å²) >= 11 is 7.58. The molecule has 1 unspecified atom stereocenters. The molecule has 0 amide bonds. The fourth-order valence-electron chi connectivity index (χ4n) is 2.65. The number of carbonyl (C=O) groups is 1. The summed E-state index contributed by atoms with van der Waals surface area (Å²) < 4.78 is 14.3. The van der Waals surface area contributed by atoms with Crippen LogP contribution in [0.5, 0.6) is 0 Å². The second kappa shape index (κ2) is 6.33. The molecule has 3 rings (SSSR count). The average molecular weight is 353 g/mol. The summed E-state index contributed by atoms with van der Waals surface area (Å²) in [6.45, 7) is 0.294. The predicted octanol–water partition coefficient (Wildman–Crippen LogP) is 3.14. The minimum absolute atomic E-state index is 0.206. The minimum Gasteiger partial charge on any atom is -0.341 e. The first-order valence-electron chi connectivity index (χ1n) is 6.84. The second-order valence-electron chi connectivity index (χ2n) is 5.10. The van der Waals surface area contributed by atoms with Gasteiger partial charge in [-0.05, 0) is 18.4 Å². The van der Waals surface area contributed by atoms with Gasteiger partial charge in [-0.1, -0.05) is 29.4 Å². The molecule has 8 heteroatoms. The van der Waals surface area contributed by atoms with Crippen LogP contribution in [0.4, 0.5) is 15.9 Å². The van der Waals surface area contributed by atoms with Gasteiger partial charge < -0.3 is 14.6 Å². The van der Waals surface area contributed by atoms with Crippen LogP contribution in [0.3, 0.4) is 0 Å². The summed E-state index contributed by atoms with van der Waals surface area (Å²) in [6, 6.07) is 3.77. The van der Waals surface area contributed by atoms with Crippen LogP contribution in [0.2, 0.25) is 5.02 Å². The highest BCUT2D eigenvalue weighted by atomic mass is 35.5. The Morgan fingerprint density at radius 1 is 1.48 bits per heavy atom. The van der Waals surface area contributed by atoms with Gasteiger partial charge >= 0.3 is 0 Å². The van der Waals surface area contributed by atoms with Crippen LogP contribution in [0.15, 0.2) is 29.6 Å². The molecule has 0 fully saturated rings. The minimum atomic E-state index is -0.688. The number of hydrogen-bond acceptors (Lipinski definition) is 6. The molecule has 1 aromatic carbocycles. The van der Waals surface area contributed by atoms with Crippen LogP contribution in [0.25, 0.3) is 0 Å². The topological polar surface area (TPSA) is 49.3 Å². The van der Waals surface area contributed by atoms with Gasteiger partial charge in [0, 0.05) is 18.8 Å². The van der Waals surface area contributed by atoms with Crippen molar-refractivity contribution in [2.45, 2.75) is 11.2 Å². The number of nitrogens with zero attached hydrogens (tertiary/aromatic N) is 4. The van der Waals surface area contributed by atoms with E-state index < -0.39 is 11.9 Å². The molecule has 0 spiro atoms. The molecular weight excluding hydrogens is 339 g/mol. The van der Waals surface area contributed by atoms with Gasteiger partial charge in [0.15, 0.2) is 5.16 Å². The molecular formula is C15H14ClFN4OS. The summed E-state index contributed by atoms with van der Waals surface area (Å²) in [5.41, 5.74) is 0.837. The molecule has 0 saturated heterocycles. The number of anilines is 2. The van der Waals surface area contributed by atoms with Gasteiger partial charge in [0.2, 0.25) is 0 Å². The molecule has 0 bridgehead atoms. The highest BCUT2D eigenvalue weighted by Gasteiger charge is 2.34. The number of rotatable bonds is 3. The zero-order valence-corrected chi connectivity index (χ0v) is 14.1. The molecule has 1 aliphatic rings. The molecule has 0 N–H and O–H groups in total. The Labute approximate surface area is 142 Å². The van der Waals surface area contributed by atoms with Gasteiger partial charge in [-0.2, -0.15) is 0 Å². The quantitative estimate of drug-likeness (QED) is 0.480. The molecule has 2 aromatic rings. The van der Waals surface area contributed by atoms with Crippen LogP contribution in [-0.2, 0) is 4.79 Å². The molecule has 1 aromatic heterocycles. The SMILES string of the molecule is CSc1ncc2c(n1)N(C)CN(c1c(F)cccc1Cl)C2C=O. The zero-order valence-electron chi connectivity index (χ0n) is 12.5. The first-order valence-corrected chi connectivity index (χ1v) is 8.45. The van der Waals surface area contributed by atoms with E-state index in [9.17, 15) is 9.18 Å². The third kappa shape index (κ3) is 2.74. The number of benzene rings is 1. The summed E-state index contributed by atoms with van der Waals surface area (Å²) in [7, 11) is 1.83. The van der Waals surface area contributed by atoms with Crippen molar-refractivity contribution < 1.29 is 9.18 Å². The van der Waals surface area contributed by atoms with E-state index in [4.69, 9.17) is 11.6 Å². The molecule has 23 heavy (non-hydrogen) atoms. The fraction of sp³-hybridized carbons (Fsp3) is 0.267. The van der Waals surface area contributed by atoms with Gasteiger partial charge in [-0.15, -0.1) is 0 Å². The molecule has 2 heterocycles. The van der Waals surface area contributed by atoms with Crippen molar-refractivity contribution in [1.82, 2.24) is 9.97 Å². The maximum Gasteiger partial charge on any atom is 0.189 e. The molecule has 0 radical (unpaired) electrons. The third-order valence-corrected chi connectivity index (χ3v) is 4.56. The smallest absolute Gasteiger partial charge is 0.189 e. The Morgan fingerprint density at radius 2 is 2.26 bits per heavy atom. The lowest BCUT2D eigenvalue weighted by molar-refractivity contribution is -0.109. The van der Waals surface area contributed by atoms with Gasteiger partial charge in [0.1, 0.15) is 24.0 Å². The summed E-state index contributed by atoms with van der Waals surface area (Å²) in [6.07, 6.45) is 4.26. The molecule has 1 atom stereocenters. The van der Waals surface area contributed by atoms with Gasteiger partial charge in [-0.3, -0.25) is 0 Å². The number of halogens is 2. The third-order valence-electron chi connectivity index (χ3n) is 3.69. The highest BCUT2D eigenvalue weighted by Crippen LogP contribution is 2.39. The van der Waals surface area contributed by atoms with Crippen molar-refractivity contribution in [3.8, 4) is 0 Å². The van der Waals surface area contributed by atoms with E-state index in [1.807, 2.05) is 18.2 Å². The molecule has 120 valence electrons. The van der Waals surface area contributed by atoms with Crippen LogP contribution in [-0.4, -0.2) is 36.2 Å². The Kier molecular flexibility index (Phi) is 4.41. The number of hydrogen-bond donors (Lipinski definition) is 0. The lowest BCUT2D eigenvalue weighted by Crippen LogP contribution is -2.45. The van der Waals surface area contributed by atoms with Crippen molar-refractivity contribution in [2.75, 3.05) is 29.8 Å². The maximum atomic E-state index is 14.3. The number of fused-ring (bicyclic) bond motifs is 1. The normalized spacial score (nSPS) is 17.1. The summed E-state index contributed by atoms with van der Waals surface area (Å²) in [5.74, 6) is 0.202. The predicted molar refractivity (Wildman–Crippen MR) is 89.8 cm³/mol. The summed E-state index contributed by atoms with van der Waals surface area (Å²) in [4.78, 5) is 23.8. The lowest BCUT2D eigenvalue weighted by Gasteiger charge is -2.40. The lowest BCUT2D eigenvalue weighted by atomic mass is 10.1. The number of thioether (sulfide) groups is 1. The van der Waals surface area contributed by atoms with E-state index in [2.05, 4.69) is 9.97 Å². The zero-order chi connectivity index (χ0) is 16.6. The summed E-state index contributed by atoms with van der Waals surface area (Å²) in [5, 5.41) is 0.882. The van der Waals surface area contributed by atoms with E-state index in [1.54, 1.807) is 17.2 Å². The van der Waals surface area contributed by atoms with Gasteiger partial charge in [-0.25, -0.2) is 14.4 Å². The van der Waals surface area contributed by atoms with Crippen LogP contribution < -0.4 is 9.80 Å². The second-order valence-corrected chi connectivity index (χ2v) is 6.28. The first-order chi connectivity index (χ1) is 11.1. The van der Waals surface area contributed by atoms with E-state index in [-0.39, 0.29) is 10.7 Å². The van der Waals surface area contributed by atoms with Crippen molar-refractivity contribution in [3.05, 3.63) is 40.8 Å². The molecule has 5 nitrogen and oxygen atoms in total. The Morgan fingerprint density at radius 3 is 2.91 bits per heavy atom. The van der Waals surface area contributed by atoms with Crippen LogP contribution in [0.1, 0.15) is 11.6 Å². The van der Waals surface area contributed by atoms with Crippen molar-refractivity contribution in [3.63, 3.8) is 0 Å². The number of carbonyl (C=O) groups excluding carboxylic acids is 1. The molecule has 0 aliphatic carbocycles. The Hall–Kier alpha value is -1.86. The maximum absolute atomic E-state index is 14.3. The first kappa shape index (κ1) is 16.0. The van der Waals surface area contributed by atoms with Crippen LogP contribution in [0, 0.1) is 5.82 Å². The highest BCUT2D eigenvalue weighted by molar-refractivity contribution is 7.98. The van der Waals surface area contributed by atoms with E-state index in [0.717, 1.165) is 6.29 Å². The standard InChI is InChI=1S/C15H14ClFN4OS/c1-20-8-21(13-10(16)4-3-5-11(13)17)12(7-22)9-6-18-15(23-2)19-14(9)20/h3-7,12H,8H2,1-2H3. The van der Waals surface area contributed by atoms with Crippen molar-refractivity contribution in [2.24, 2.45) is 0 Å². The Bertz CT molecular complexity index is 740. The largest absolute Gasteiger partial charge is 0.341 e.